The number of carboxylic acids is 2. The quantitative estimate of drug-likeness (QED) is 0.0378. The Balaban J connectivity index is 0.00000605. The SMILES string of the molecule is C[C@H](O/N=C(\C(=O)C[C@@H]1C(=O)N2C(C(=O)[O-])=C(C[N+]3(CCNC(=O)c4ccc(O)c(O)c4Cl)CCCCC3)CS[C@H]12)c1nc(N)sc1Cl)C(=O)[O-].[Na+]. The van der Waals surface area contributed by atoms with Crippen LogP contribution in [-0.4, -0.2) is 110 Å². The van der Waals surface area contributed by atoms with Crippen molar-refractivity contribution in [3.05, 3.63) is 44.0 Å². The van der Waals surface area contributed by atoms with Crippen LogP contribution in [0, 0.1) is 5.92 Å². The van der Waals surface area contributed by atoms with Crippen LogP contribution in [0.25, 0.3) is 0 Å². The number of phenolic OH excluding ortho intramolecular Hbond substituents is 2. The average molecular weight is 808 g/mol. The van der Waals surface area contributed by atoms with E-state index in [0.717, 1.165) is 48.5 Å². The second kappa shape index (κ2) is 17.4. The number of thioether (sulfide) groups is 1. The van der Waals surface area contributed by atoms with Gasteiger partial charge in [-0.1, -0.05) is 39.7 Å². The number of amides is 2. The number of nitrogens with zero attached hydrogens (tertiary/aromatic N) is 4. The number of hydrogen-bond donors (Lipinski definition) is 4. The van der Waals surface area contributed by atoms with Crippen molar-refractivity contribution in [2.75, 3.05) is 44.2 Å². The Morgan fingerprint density at radius 1 is 1.19 bits per heavy atom. The molecule has 16 nitrogen and oxygen atoms in total. The number of hydrogen-bond acceptors (Lipinski definition) is 15. The molecule has 1 aromatic heterocycles. The number of nitrogens with one attached hydrogen (secondary N) is 1. The van der Waals surface area contributed by atoms with E-state index >= 15 is 0 Å². The second-order valence-electron chi connectivity index (χ2n) is 12.3. The average Bonchev–Trinajstić information content (AvgIpc) is 3.42. The second-order valence-corrected chi connectivity index (χ2v) is 15.5. The standard InChI is InChI=1S/C31H34Cl2N6O10S2.Na/c1-14(29(45)46)49-37-21(22-25(33)51-31(34)36-22)19(41)11-17-27(44)38-23(30(47)48)15(13-50-28(17)38)12-39(8-3-2-4-9-39)10-7-35-26(43)16-5-6-18(40)24(42)20(16)32;/h5-6,14,17,28H,2-4,7-13H2,1H3,(H6-,34,35,36,37,40,41,42,43,45,46,47,48);/q;+1/p-1/t14-,17+,28+;/m0./s1. The van der Waals surface area contributed by atoms with Gasteiger partial charge in [0, 0.05) is 17.7 Å². The van der Waals surface area contributed by atoms with Crippen LogP contribution in [0.5, 0.6) is 11.5 Å². The number of Topliss-reactive ketones (excluding diaryl/α,β-unsaturated/α-hetero) is 1. The minimum atomic E-state index is -1.59. The Hall–Kier alpha value is -3.10. The molecule has 3 atom stereocenters. The third kappa shape index (κ3) is 8.81. The number of nitrogen functional groups attached to an aromatic ring is 1. The Morgan fingerprint density at radius 2 is 1.88 bits per heavy atom. The zero-order valence-corrected chi connectivity index (χ0v) is 33.2. The summed E-state index contributed by atoms with van der Waals surface area (Å²) >= 11 is 14.4. The number of carbonyl (C=O) groups is 5. The summed E-state index contributed by atoms with van der Waals surface area (Å²) in [6, 6.07) is 2.45. The van der Waals surface area contributed by atoms with Crippen LogP contribution >= 0.6 is 46.3 Å². The predicted molar refractivity (Wildman–Crippen MR) is 183 cm³/mol. The molecule has 0 spiro atoms. The fourth-order valence-corrected chi connectivity index (χ4v) is 8.95. The van der Waals surface area contributed by atoms with Gasteiger partial charge in [-0.15, -0.1) is 11.8 Å². The molecule has 21 heteroatoms. The van der Waals surface area contributed by atoms with Crippen molar-refractivity contribution in [3.8, 4) is 11.5 Å². The fraction of sp³-hybridized carbons (Fsp3) is 0.452. The maximum Gasteiger partial charge on any atom is 1.00 e. The molecule has 0 aliphatic carbocycles. The molecule has 52 heavy (non-hydrogen) atoms. The number of aliphatic carboxylic acids is 2. The van der Waals surface area contributed by atoms with Crippen LogP contribution in [0.15, 0.2) is 28.6 Å². The number of fused-ring (bicyclic) bond motifs is 1. The van der Waals surface area contributed by atoms with Crippen LogP contribution in [0.3, 0.4) is 0 Å². The number of β-lactam (4-membered cyclic amide) rings is 1. The normalized spacial score (nSPS) is 20.2. The molecule has 5 rings (SSSR count). The van der Waals surface area contributed by atoms with Gasteiger partial charge in [-0.3, -0.25) is 19.3 Å². The van der Waals surface area contributed by atoms with Crippen molar-refractivity contribution in [2.24, 2.45) is 11.1 Å². The Morgan fingerprint density at radius 3 is 2.50 bits per heavy atom. The van der Waals surface area contributed by atoms with E-state index in [-0.39, 0.29) is 79.8 Å². The summed E-state index contributed by atoms with van der Waals surface area (Å²) in [6.07, 6.45) is 0.763. The van der Waals surface area contributed by atoms with Crippen LogP contribution in [0.2, 0.25) is 9.36 Å². The molecule has 5 N–H and O–H groups in total. The molecule has 2 fully saturated rings. The van der Waals surface area contributed by atoms with Gasteiger partial charge in [0.1, 0.15) is 16.6 Å². The molecule has 2 saturated heterocycles. The number of nitrogens with two attached hydrogens (primary N) is 1. The van der Waals surface area contributed by atoms with Crippen LogP contribution in [0.4, 0.5) is 5.13 Å². The first-order valence-corrected chi connectivity index (χ1v) is 18.4. The first-order chi connectivity index (χ1) is 24.1. The van der Waals surface area contributed by atoms with Gasteiger partial charge in [-0.05, 0) is 38.3 Å². The van der Waals surface area contributed by atoms with E-state index in [1.807, 2.05) is 0 Å². The molecule has 0 unspecified atom stereocenters. The molecule has 2 amide bonds. The van der Waals surface area contributed by atoms with Crippen molar-refractivity contribution >= 4 is 86.7 Å². The van der Waals surface area contributed by atoms with E-state index in [4.69, 9.17) is 33.8 Å². The number of piperidine rings is 1. The molecule has 4 heterocycles. The summed E-state index contributed by atoms with van der Waals surface area (Å²) in [4.78, 5) is 73.6. The smallest absolute Gasteiger partial charge is 0.546 e. The van der Waals surface area contributed by atoms with Gasteiger partial charge in [-0.25, -0.2) is 4.98 Å². The number of rotatable bonds is 14. The van der Waals surface area contributed by atoms with Gasteiger partial charge < -0.3 is 50.4 Å². The number of benzene rings is 1. The van der Waals surface area contributed by atoms with Crippen molar-refractivity contribution in [2.45, 2.75) is 44.1 Å². The zero-order valence-electron chi connectivity index (χ0n) is 28.1. The number of oxime groups is 1. The molecule has 3 aliphatic heterocycles. The van der Waals surface area contributed by atoms with Gasteiger partial charge in [0.2, 0.25) is 5.91 Å². The van der Waals surface area contributed by atoms with Crippen LogP contribution < -0.4 is 50.8 Å². The van der Waals surface area contributed by atoms with E-state index in [1.165, 1.54) is 17.8 Å². The van der Waals surface area contributed by atoms with Crippen molar-refractivity contribution in [1.29, 1.82) is 0 Å². The van der Waals surface area contributed by atoms with E-state index < -0.39 is 70.6 Å². The Kier molecular flexibility index (Phi) is 13.9. The van der Waals surface area contributed by atoms with Gasteiger partial charge in [0.15, 0.2) is 34.2 Å². The fourth-order valence-electron chi connectivity index (χ4n) is 6.37. The summed E-state index contributed by atoms with van der Waals surface area (Å²) in [5.41, 5.74) is 5.35. The minimum absolute atomic E-state index is 0. The summed E-state index contributed by atoms with van der Waals surface area (Å²) in [5, 5.41) is 48.7. The molecule has 274 valence electrons. The largest absolute Gasteiger partial charge is 1.00 e. The van der Waals surface area contributed by atoms with Gasteiger partial charge in [-0.2, -0.15) is 0 Å². The molecule has 0 radical (unpaired) electrons. The van der Waals surface area contributed by atoms with E-state index in [9.17, 15) is 44.4 Å². The number of thiazole rings is 1. The number of carboxylic acid groups (broad SMARTS) is 2. The number of aromatic hydroxyl groups is 2. The number of aromatic nitrogens is 1. The minimum Gasteiger partial charge on any atom is -0.546 e. The number of likely N-dealkylation sites (tertiary alicyclic amines) is 1. The molecule has 3 aliphatic rings. The maximum atomic E-state index is 13.5. The number of phenols is 2. The monoisotopic (exact) mass is 806 g/mol. The molecular weight excluding hydrogens is 774 g/mol. The van der Waals surface area contributed by atoms with E-state index in [2.05, 4.69) is 15.5 Å². The number of quaternary nitrogens is 1. The third-order valence-electron chi connectivity index (χ3n) is 8.98. The number of anilines is 1. The summed E-state index contributed by atoms with van der Waals surface area (Å²) in [7, 11) is 0. The van der Waals surface area contributed by atoms with E-state index in [0.29, 0.717) is 29.7 Å². The maximum absolute atomic E-state index is 13.5. The van der Waals surface area contributed by atoms with Gasteiger partial charge >= 0.3 is 29.6 Å². The molecule has 0 saturated carbocycles. The Labute approximate surface area is 337 Å². The summed E-state index contributed by atoms with van der Waals surface area (Å²) in [5.74, 6) is -6.82. The molecule has 2 aromatic rings. The van der Waals surface area contributed by atoms with E-state index in [1.54, 1.807) is 0 Å². The van der Waals surface area contributed by atoms with Gasteiger partial charge in [0.05, 0.1) is 65.7 Å². The molecule has 0 bridgehead atoms. The van der Waals surface area contributed by atoms with Crippen molar-refractivity contribution < 1.29 is 83.3 Å². The van der Waals surface area contributed by atoms with Crippen molar-refractivity contribution in [3.63, 3.8) is 0 Å². The van der Waals surface area contributed by atoms with Crippen molar-refractivity contribution in [1.82, 2.24) is 15.2 Å². The number of ketones is 1. The Bertz CT molecular complexity index is 1840. The molecular formula is C31H33Cl2N6NaO10S2. The first kappa shape index (κ1) is 41.7. The summed E-state index contributed by atoms with van der Waals surface area (Å²) in [6.45, 7) is 3.44. The summed E-state index contributed by atoms with van der Waals surface area (Å²) < 4.78 is 0.431. The number of halogens is 2. The topological polar surface area (TPSA) is 248 Å². The first-order valence-electron chi connectivity index (χ1n) is 15.8. The number of carbonyl (C=O) groups excluding carboxylic acids is 5. The predicted octanol–water partition coefficient (Wildman–Crippen LogP) is -2.77. The van der Waals surface area contributed by atoms with Crippen LogP contribution in [-0.2, 0) is 24.0 Å². The van der Waals surface area contributed by atoms with Crippen LogP contribution in [0.1, 0.15) is 48.7 Å². The van der Waals surface area contributed by atoms with Gasteiger partial charge in [0.25, 0.3) is 5.91 Å². The molecule has 1 aromatic carbocycles. The third-order valence-corrected chi connectivity index (χ3v) is 11.8. The zero-order chi connectivity index (χ0) is 37.2.